The van der Waals surface area contributed by atoms with E-state index in [-0.39, 0.29) is 5.91 Å². The predicted molar refractivity (Wildman–Crippen MR) is 95.6 cm³/mol. The summed E-state index contributed by atoms with van der Waals surface area (Å²) in [4.78, 5) is 19.0. The first-order valence-electron chi connectivity index (χ1n) is 8.41. The standard InChI is InChI=1S/C19H24N2OS/c1-14-8-10-21(11-9-14)18(22)7-6-17-13-23-19(20-17)16-5-3-4-15(2)12-16/h3-5,12-14H,6-11H2,1-2H3. The van der Waals surface area contributed by atoms with Crippen LogP contribution in [0.25, 0.3) is 10.6 Å². The van der Waals surface area contributed by atoms with E-state index in [0.717, 1.165) is 54.5 Å². The van der Waals surface area contributed by atoms with E-state index in [1.165, 1.54) is 5.56 Å². The minimum Gasteiger partial charge on any atom is -0.343 e. The largest absolute Gasteiger partial charge is 0.343 e. The lowest BCUT2D eigenvalue weighted by atomic mass is 9.99. The summed E-state index contributed by atoms with van der Waals surface area (Å²) in [5, 5.41) is 3.13. The van der Waals surface area contributed by atoms with Crippen molar-refractivity contribution in [1.29, 1.82) is 0 Å². The number of rotatable bonds is 4. The normalized spacial score (nSPS) is 15.8. The van der Waals surface area contributed by atoms with E-state index in [2.05, 4.69) is 43.5 Å². The third-order valence-electron chi connectivity index (χ3n) is 4.55. The van der Waals surface area contributed by atoms with E-state index >= 15 is 0 Å². The first kappa shape index (κ1) is 16.2. The summed E-state index contributed by atoms with van der Waals surface area (Å²) in [5.41, 5.74) is 3.44. The van der Waals surface area contributed by atoms with Crippen LogP contribution in [-0.4, -0.2) is 28.9 Å². The molecule has 3 rings (SSSR count). The van der Waals surface area contributed by atoms with Crippen LogP contribution in [0.4, 0.5) is 0 Å². The van der Waals surface area contributed by atoms with Crippen LogP contribution < -0.4 is 0 Å². The number of hydrogen-bond donors (Lipinski definition) is 0. The van der Waals surface area contributed by atoms with Gasteiger partial charge >= 0.3 is 0 Å². The molecule has 0 aliphatic carbocycles. The number of carbonyl (C=O) groups excluding carboxylic acids is 1. The minimum atomic E-state index is 0.280. The first-order valence-corrected chi connectivity index (χ1v) is 9.29. The van der Waals surface area contributed by atoms with Crippen LogP contribution in [0.2, 0.25) is 0 Å². The molecule has 23 heavy (non-hydrogen) atoms. The van der Waals surface area contributed by atoms with Gasteiger partial charge in [0.2, 0.25) is 5.91 Å². The van der Waals surface area contributed by atoms with Gasteiger partial charge in [0.1, 0.15) is 5.01 Å². The highest BCUT2D eigenvalue weighted by molar-refractivity contribution is 7.13. The number of piperidine rings is 1. The van der Waals surface area contributed by atoms with E-state index in [1.54, 1.807) is 11.3 Å². The number of aromatic nitrogens is 1. The maximum Gasteiger partial charge on any atom is 0.222 e. The predicted octanol–water partition coefficient (Wildman–Crippen LogP) is 4.31. The van der Waals surface area contributed by atoms with Crippen LogP contribution >= 0.6 is 11.3 Å². The monoisotopic (exact) mass is 328 g/mol. The average molecular weight is 328 g/mol. The maximum atomic E-state index is 12.3. The maximum absolute atomic E-state index is 12.3. The first-order chi connectivity index (χ1) is 11.1. The fourth-order valence-corrected chi connectivity index (χ4v) is 3.83. The molecule has 1 aliphatic rings. The van der Waals surface area contributed by atoms with Crippen LogP contribution in [0.3, 0.4) is 0 Å². The van der Waals surface area contributed by atoms with E-state index in [4.69, 9.17) is 4.98 Å². The summed E-state index contributed by atoms with van der Waals surface area (Å²) in [6, 6.07) is 8.40. The molecule has 1 fully saturated rings. The Kier molecular flexibility index (Phi) is 5.11. The zero-order chi connectivity index (χ0) is 16.2. The van der Waals surface area contributed by atoms with Crippen LogP contribution in [0.15, 0.2) is 29.6 Å². The summed E-state index contributed by atoms with van der Waals surface area (Å²) in [7, 11) is 0. The van der Waals surface area contributed by atoms with Gasteiger partial charge in [0.25, 0.3) is 0 Å². The molecule has 1 amide bonds. The van der Waals surface area contributed by atoms with Gasteiger partial charge in [-0.25, -0.2) is 4.98 Å². The second kappa shape index (κ2) is 7.26. The van der Waals surface area contributed by atoms with Crippen molar-refractivity contribution in [2.24, 2.45) is 5.92 Å². The molecule has 0 bridgehead atoms. The minimum absolute atomic E-state index is 0.280. The molecule has 0 spiro atoms. The van der Waals surface area contributed by atoms with E-state index in [9.17, 15) is 4.79 Å². The quantitative estimate of drug-likeness (QED) is 0.838. The van der Waals surface area contributed by atoms with E-state index in [1.807, 2.05) is 4.90 Å². The van der Waals surface area contributed by atoms with Gasteiger partial charge in [0, 0.05) is 30.5 Å². The van der Waals surface area contributed by atoms with Crippen molar-refractivity contribution in [2.45, 2.75) is 39.5 Å². The molecule has 4 heteroatoms. The lowest BCUT2D eigenvalue weighted by Gasteiger charge is -2.30. The molecule has 0 atom stereocenters. The zero-order valence-corrected chi connectivity index (χ0v) is 14.7. The molecule has 1 aliphatic heterocycles. The summed E-state index contributed by atoms with van der Waals surface area (Å²) in [6.07, 6.45) is 3.60. The number of carbonyl (C=O) groups is 1. The Bertz CT molecular complexity index is 672. The Hall–Kier alpha value is -1.68. The Labute approximate surface area is 142 Å². The molecule has 1 aromatic carbocycles. The molecule has 122 valence electrons. The van der Waals surface area contributed by atoms with Crippen molar-refractivity contribution in [3.8, 4) is 10.6 Å². The van der Waals surface area contributed by atoms with Crippen LogP contribution in [0.5, 0.6) is 0 Å². The molecule has 2 aromatic rings. The van der Waals surface area contributed by atoms with Gasteiger partial charge in [-0.2, -0.15) is 0 Å². The third-order valence-corrected chi connectivity index (χ3v) is 5.49. The van der Waals surface area contributed by atoms with Crippen molar-refractivity contribution in [3.05, 3.63) is 40.9 Å². The number of benzene rings is 1. The number of likely N-dealkylation sites (tertiary alicyclic amines) is 1. The van der Waals surface area contributed by atoms with Gasteiger partial charge in [-0.3, -0.25) is 4.79 Å². The topological polar surface area (TPSA) is 33.2 Å². The Balaban J connectivity index is 1.56. The Morgan fingerprint density at radius 2 is 2.13 bits per heavy atom. The molecular weight excluding hydrogens is 304 g/mol. The molecular formula is C19H24N2OS. The summed E-state index contributed by atoms with van der Waals surface area (Å²) >= 11 is 1.66. The van der Waals surface area contributed by atoms with Crippen molar-refractivity contribution < 1.29 is 4.79 Å². The van der Waals surface area contributed by atoms with Crippen molar-refractivity contribution in [3.63, 3.8) is 0 Å². The van der Waals surface area contributed by atoms with Crippen LogP contribution in [-0.2, 0) is 11.2 Å². The zero-order valence-electron chi connectivity index (χ0n) is 13.9. The van der Waals surface area contributed by atoms with E-state index < -0.39 is 0 Å². The van der Waals surface area contributed by atoms with Gasteiger partial charge in [0.05, 0.1) is 5.69 Å². The molecule has 0 radical (unpaired) electrons. The van der Waals surface area contributed by atoms with Crippen LogP contribution in [0.1, 0.15) is 37.4 Å². The van der Waals surface area contributed by atoms with Crippen molar-refractivity contribution in [1.82, 2.24) is 9.88 Å². The highest BCUT2D eigenvalue weighted by Gasteiger charge is 2.20. The smallest absolute Gasteiger partial charge is 0.222 e. The van der Waals surface area contributed by atoms with Gasteiger partial charge in [-0.05, 0) is 38.2 Å². The van der Waals surface area contributed by atoms with Gasteiger partial charge in [0.15, 0.2) is 0 Å². The lowest BCUT2D eigenvalue weighted by Crippen LogP contribution is -2.38. The molecule has 1 aromatic heterocycles. The average Bonchev–Trinajstić information content (AvgIpc) is 3.02. The Morgan fingerprint density at radius 3 is 2.87 bits per heavy atom. The molecule has 0 N–H and O–H groups in total. The number of thiazole rings is 1. The highest BCUT2D eigenvalue weighted by atomic mass is 32.1. The van der Waals surface area contributed by atoms with E-state index in [0.29, 0.717) is 6.42 Å². The molecule has 3 nitrogen and oxygen atoms in total. The fraction of sp³-hybridized carbons (Fsp3) is 0.474. The summed E-state index contributed by atoms with van der Waals surface area (Å²) in [5.74, 6) is 1.04. The van der Waals surface area contributed by atoms with Gasteiger partial charge in [-0.15, -0.1) is 11.3 Å². The number of amides is 1. The summed E-state index contributed by atoms with van der Waals surface area (Å²) in [6.45, 7) is 6.21. The van der Waals surface area contributed by atoms with Crippen LogP contribution in [0, 0.1) is 12.8 Å². The lowest BCUT2D eigenvalue weighted by molar-refractivity contribution is -0.132. The molecule has 1 saturated heterocycles. The molecule has 2 heterocycles. The number of hydrogen-bond acceptors (Lipinski definition) is 3. The summed E-state index contributed by atoms with van der Waals surface area (Å²) < 4.78 is 0. The number of aryl methyl sites for hydroxylation is 2. The molecule has 0 saturated carbocycles. The SMILES string of the molecule is Cc1cccc(-c2nc(CCC(=O)N3CCC(C)CC3)cs2)c1. The van der Waals surface area contributed by atoms with Crippen molar-refractivity contribution >= 4 is 17.2 Å². The second-order valence-electron chi connectivity index (χ2n) is 6.58. The second-order valence-corrected chi connectivity index (χ2v) is 7.43. The Morgan fingerprint density at radius 1 is 1.35 bits per heavy atom. The van der Waals surface area contributed by atoms with Crippen molar-refractivity contribution in [2.75, 3.05) is 13.1 Å². The number of nitrogens with zero attached hydrogens (tertiary/aromatic N) is 2. The van der Waals surface area contributed by atoms with Gasteiger partial charge in [-0.1, -0.05) is 30.7 Å². The highest BCUT2D eigenvalue weighted by Crippen LogP contribution is 2.25. The van der Waals surface area contributed by atoms with Gasteiger partial charge < -0.3 is 4.90 Å². The molecule has 0 unspecified atom stereocenters. The fourth-order valence-electron chi connectivity index (χ4n) is 2.98. The third kappa shape index (κ3) is 4.20.